The second-order valence-electron chi connectivity index (χ2n) is 3.66. The maximum absolute atomic E-state index is 6.00. The number of anilines is 2. The number of hydrogen-bond donors (Lipinski definition) is 2. The summed E-state index contributed by atoms with van der Waals surface area (Å²) in [6.45, 7) is 4.31. The van der Waals surface area contributed by atoms with Crippen LogP contribution < -0.4 is 11.1 Å². The molecule has 1 rings (SSSR count). The van der Waals surface area contributed by atoms with Crippen molar-refractivity contribution in [2.45, 2.75) is 33.1 Å². The monoisotopic (exact) mass is 264 g/mol. The Morgan fingerprint density at radius 2 is 1.88 bits per heavy atom. The van der Waals surface area contributed by atoms with Gasteiger partial charge in [-0.25, -0.2) is 0 Å². The quantitative estimate of drug-likeness (QED) is 0.812. The number of aryl methyl sites for hydroxylation is 1. The molecule has 2 nitrogen and oxygen atoms in total. The molecular weight excluding hydrogens is 243 g/mol. The average Bonchev–Trinajstić information content (AvgIpc) is 2.20. The van der Waals surface area contributed by atoms with Crippen LogP contribution in [0.15, 0.2) is 12.1 Å². The molecule has 0 spiro atoms. The number of nitrogens with one attached hydrogen (secondary N) is 1. The molecule has 0 unspecified atom stereocenters. The lowest BCUT2D eigenvalue weighted by Crippen LogP contribution is -2.01. The third-order valence-electron chi connectivity index (χ3n) is 2.70. The number of nitrogens with two attached hydrogens (primary N) is 1. The van der Waals surface area contributed by atoms with Gasteiger partial charge < -0.3 is 11.1 Å². The highest BCUT2D eigenvalue weighted by Crippen LogP contribution is 2.25. The number of hydrogen-bond acceptors (Lipinski definition) is 2. The van der Waals surface area contributed by atoms with Crippen molar-refractivity contribution in [1.82, 2.24) is 0 Å². The van der Waals surface area contributed by atoms with E-state index in [4.69, 9.17) is 5.73 Å². The van der Waals surface area contributed by atoms with E-state index in [0.29, 0.717) is 0 Å². The predicted octanol–water partition coefficient (Wildman–Crippen LogP) is 3.81. The zero-order chi connectivity index (χ0) is 10.6. The summed E-state index contributed by atoms with van der Waals surface area (Å²) < 4.78 is 0. The van der Waals surface area contributed by atoms with Crippen LogP contribution in [-0.4, -0.2) is 7.05 Å². The van der Waals surface area contributed by atoms with E-state index in [-0.39, 0.29) is 24.8 Å². The molecule has 0 aromatic heterocycles. The first kappa shape index (κ1) is 17.8. The average molecular weight is 265 g/mol. The predicted molar refractivity (Wildman–Crippen MR) is 78.2 cm³/mol. The van der Waals surface area contributed by atoms with Gasteiger partial charge in [0.15, 0.2) is 0 Å². The van der Waals surface area contributed by atoms with Crippen LogP contribution in [0.3, 0.4) is 0 Å². The molecule has 4 heteroatoms. The highest BCUT2D eigenvalue weighted by atomic mass is 35.5. The largest absolute Gasteiger partial charge is 0.397 e. The summed E-state index contributed by atoms with van der Waals surface area (Å²) >= 11 is 0. The van der Waals surface area contributed by atoms with Crippen molar-refractivity contribution in [3.05, 3.63) is 23.3 Å². The molecule has 0 aliphatic carbocycles. The molecule has 0 saturated heterocycles. The van der Waals surface area contributed by atoms with Crippen LogP contribution >= 0.6 is 24.8 Å². The van der Waals surface area contributed by atoms with Gasteiger partial charge >= 0.3 is 0 Å². The van der Waals surface area contributed by atoms with Crippen molar-refractivity contribution in [1.29, 1.82) is 0 Å². The molecule has 16 heavy (non-hydrogen) atoms. The Balaban J connectivity index is 0. The lowest BCUT2D eigenvalue weighted by Gasteiger charge is -2.12. The smallest absolute Gasteiger partial charge is 0.0582 e. The van der Waals surface area contributed by atoms with E-state index >= 15 is 0 Å². The minimum atomic E-state index is 0. The number of benzene rings is 1. The topological polar surface area (TPSA) is 38.0 Å². The fraction of sp³-hybridized carbons (Fsp3) is 0.500. The third-order valence-corrected chi connectivity index (χ3v) is 2.70. The normalized spacial score (nSPS) is 8.94. The summed E-state index contributed by atoms with van der Waals surface area (Å²) in [7, 11) is 1.90. The molecule has 0 aliphatic rings. The Morgan fingerprint density at radius 3 is 2.38 bits per heavy atom. The minimum absolute atomic E-state index is 0. The Morgan fingerprint density at radius 1 is 1.25 bits per heavy atom. The number of unbranched alkanes of at least 4 members (excludes halogenated alkanes) is 1. The van der Waals surface area contributed by atoms with Crippen LogP contribution in [0, 0.1) is 6.92 Å². The molecule has 0 bridgehead atoms. The Bertz CT molecular complexity index is 314. The van der Waals surface area contributed by atoms with Crippen molar-refractivity contribution in [3.8, 4) is 0 Å². The molecule has 0 radical (unpaired) electrons. The van der Waals surface area contributed by atoms with Crippen LogP contribution in [0.1, 0.15) is 30.9 Å². The Hall–Kier alpha value is -0.600. The summed E-state index contributed by atoms with van der Waals surface area (Å²) in [4.78, 5) is 0. The lowest BCUT2D eigenvalue weighted by atomic mass is 10.0. The van der Waals surface area contributed by atoms with Crippen molar-refractivity contribution in [3.63, 3.8) is 0 Å². The van der Waals surface area contributed by atoms with Crippen molar-refractivity contribution in [2.75, 3.05) is 18.1 Å². The summed E-state index contributed by atoms with van der Waals surface area (Å²) in [6, 6.07) is 4.24. The van der Waals surface area contributed by atoms with Gasteiger partial charge in [0.2, 0.25) is 0 Å². The van der Waals surface area contributed by atoms with Gasteiger partial charge in [-0.05, 0) is 37.0 Å². The fourth-order valence-corrected chi connectivity index (χ4v) is 1.63. The van der Waals surface area contributed by atoms with Gasteiger partial charge in [-0.3, -0.25) is 0 Å². The number of rotatable bonds is 4. The summed E-state index contributed by atoms with van der Waals surface area (Å²) in [5.74, 6) is 0. The van der Waals surface area contributed by atoms with Gasteiger partial charge in [-0.2, -0.15) is 0 Å². The number of halogens is 2. The fourth-order valence-electron chi connectivity index (χ4n) is 1.63. The maximum atomic E-state index is 6.00. The Labute approximate surface area is 111 Å². The molecule has 0 saturated carbocycles. The van der Waals surface area contributed by atoms with Gasteiger partial charge in [0.05, 0.1) is 11.4 Å². The first-order valence-electron chi connectivity index (χ1n) is 5.26. The lowest BCUT2D eigenvalue weighted by molar-refractivity contribution is 0.792. The highest BCUT2D eigenvalue weighted by Gasteiger charge is 2.05. The first-order chi connectivity index (χ1) is 6.70. The van der Waals surface area contributed by atoms with Crippen molar-refractivity contribution in [2.24, 2.45) is 0 Å². The van der Waals surface area contributed by atoms with Gasteiger partial charge in [0.1, 0.15) is 0 Å². The SMILES string of the molecule is CCCCc1ccc(NC)c(N)c1C.Cl.Cl. The van der Waals surface area contributed by atoms with E-state index < -0.39 is 0 Å². The van der Waals surface area contributed by atoms with Gasteiger partial charge in [-0.1, -0.05) is 19.4 Å². The van der Waals surface area contributed by atoms with E-state index in [1.54, 1.807) is 0 Å². The molecule has 0 atom stereocenters. The van der Waals surface area contributed by atoms with E-state index in [9.17, 15) is 0 Å². The van der Waals surface area contributed by atoms with Crippen molar-refractivity contribution < 1.29 is 0 Å². The second kappa shape index (κ2) is 8.54. The van der Waals surface area contributed by atoms with Crippen LogP contribution in [0.5, 0.6) is 0 Å². The van der Waals surface area contributed by atoms with Crippen LogP contribution in [0.4, 0.5) is 11.4 Å². The molecule has 1 aromatic carbocycles. The molecule has 0 fully saturated rings. The maximum Gasteiger partial charge on any atom is 0.0582 e. The van der Waals surface area contributed by atoms with Gasteiger partial charge in [0, 0.05) is 7.05 Å². The van der Waals surface area contributed by atoms with Crippen LogP contribution in [-0.2, 0) is 6.42 Å². The van der Waals surface area contributed by atoms with Gasteiger partial charge in [0.25, 0.3) is 0 Å². The molecule has 3 N–H and O–H groups in total. The van der Waals surface area contributed by atoms with E-state index in [0.717, 1.165) is 17.8 Å². The molecule has 1 aromatic rings. The zero-order valence-electron chi connectivity index (χ0n) is 10.2. The van der Waals surface area contributed by atoms with Crippen molar-refractivity contribution >= 4 is 36.2 Å². The minimum Gasteiger partial charge on any atom is -0.397 e. The second-order valence-corrected chi connectivity index (χ2v) is 3.66. The van der Waals surface area contributed by atoms with Gasteiger partial charge in [-0.15, -0.1) is 24.8 Å². The van der Waals surface area contributed by atoms with E-state index in [1.807, 2.05) is 7.05 Å². The number of nitrogen functional groups attached to an aromatic ring is 1. The van der Waals surface area contributed by atoms with Crippen LogP contribution in [0.25, 0.3) is 0 Å². The first-order valence-corrected chi connectivity index (χ1v) is 5.26. The zero-order valence-corrected chi connectivity index (χ0v) is 11.8. The summed E-state index contributed by atoms with van der Waals surface area (Å²) in [6.07, 6.45) is 3.60. The highest BCUT2D eigenvalue weighted by molar-refractivity contribution is 5.85. The summed E-state index contributed by atoms with van der Waals surface area (Å²) in [5.41, 5.74) is 10.5. The summed E-state index contributed by atoms with van der Waals surface area (Å²) in [5, 5.41) is 3.09. The molecule has 0 amide bonds. The van der Waals surface area contributed by atoms with E-state index in [2.05, 4.69) is 31.3 Å². The third kappa shape index (κ3) is 4.11. The molecule has 0 aliphatic heterocycles. The Kier molecular flexibility index (Phi) is 9.49. The van der Waals surface area contributed by atoms with E-state index in [1.165, 1.54) is 24.0 Å². The standard InChI is InChI=1S/C12H20N2.2ClH/c1-4-5-6-10-7-8-11(14-3)12(13)9(10)2;;/h7-8,14H,4-6,13H2,1-3H3;2*1H. The molecule has 0 heterocycles. The van der Waals surface area contributed by atoms with Crippen LogP contribution in [0.2, 0.25) is 0 Å². The molecular formula is C12H22Cl2N2. The molecule has 94 valence electrons.